The van der Waals surface area contributed by atoms with Crippen LogP contribution in [0.1, 0.15) is 19.4 Å². The van der Waals surface area contributed by atoms with Gasteiger partial charge in [-0.2, -0.15) is 5.11 Å². The van der Waals surface area contributed by atoms with Gasteiger partial charge in [0.15, 0.2) is 5.75 Å². The predicted octanol–water partition coefficient (Wildman–Crippen LogP) is 6.13. The number of hydrogen-bond donors (Lipinski definition) is 4. The Bertz CT molecular complexity index is 1020. The van der Waals surface area contributed by atoms with Crippen molar-refractivity contribution >= 4 is 47.4 Å². The summed E-state index contributed by atoms with van der Waals surface area (Å²) in [7, 11) is 0. The fraction of sp³-hybridized carbons (Fsp3) is 0.200. The fourth-order valence-electron chi connectivity index (χ4n) is 2.72. The molecule has 0 heterocycles. The molecule has 0 aliphatic heterocycles. The summed E-state index contributed by atoms with van der Waals surface area (Å²) in [5, 5.41) is 20.5. The number of phenols is 1. The van der Waals surface area contributed by atoms with Crippen molar-refractivity contribution in [3.05, 3.63) is 53.8 Å². The van der Waals surface area contributed by atoms with Gasteiger partial charge >= 0.3 is 0 Å². The SMILES string of the molecule is Cc1c(S)cc2cc(S)c(N=NC3=CC=CC(C)(C)C=C3)c(O)c2c1N. The van der Waals surface area contributed by atoms with Gasteiger partial charge in [-0.15, -0.1) is 30.4 Å². The van der Waals surface area contributed by atoms with Crippen molar-refractivity contribution < 1.29 is 5.11 Å². The minimum Gasteiger partial charge on any atom is -0.505 e. The lowest BCUT2D eigenvalue weighted by molar-refractivity contribution is 0.481. The molecule has 2 aromatic carbocycles. The molecule has 2 aromatic rings. The van der Waals surface area contributed by atoms with E-state index in [2.05, 4.69) is 61.5 Å². The van der Waals surface area contributed by atoms with E-state index in [1.54, 1.807) is 0 Å². The lowest BCUT2D eigenvalue weighted by Crippen LogP contribution is -2.00. The predicted molar refractivity (Wildman–Crippen MR) is 114 cm³/mol. The van der Waals surface area contributed by atoms with Gasteiger partial charge < -0.3 is 10.8 Å². The van der Waals surface area contributed by atoms with Crippen LogP contribution < -0.4 is 5.73 Å². The molecule has 0 spiro atoms. The maximum absolute atomic E-state index is 10.7. The highest BCUT2D eigenvalue weighted by Crippen LogP contribution is 2.45. The molecule has 0 radical (unpaired) electrons. The molecule has 0 fully saturated rings. The number of phenolic OH excluding ortho intramolecular Hbond substituents is 1. The highest BCUT2D eigenvalue weighted by atomic mass is 32.1. The molecule has 0 amide bonds. The number of nitrogens with zero attached hydrogens (tertiary/aromatic N) is 2. The Hall–Kier alpha value is -2.18. The Kier molecular flexibility index (Phi) is 4.90. The van der Waals surface area contributed by atoms with E-state index in [9.17, 15) is 5.11 Å². The lowest BCUT2D eigenvalue weighted by atomic mass is 9.93. The molecule has 3 rings (SSSR count). The molecular formula is C20H21N3OS2. The summed E-state index contributed by atoms with van der Waals surface area (Å²) < 4.78 is 0. The van der Waals surface area contributed by atoms with Crippen molar-refractivity contribution in [1.82, 2.24) is 0 Å². The third-order valence-electron chi connectivity index (χ3n) is 4.38. The number of nitrogen functional groups attached to an aromatic ring is 1. The van der Waals surface area contributed by atoms with Crippen LogP contribution in [0.4, 0.5) is 11.4 Å². The molecule has 0 atom stereocenters. The van der Waals surface area contributed by atoms with E-state index in [0.29, 0.717) is 27.4 Å². The van der Waals surface area contributed by atoms with Crippen LogP contribution in [-0.2, 0) is 0 Å². The van der Waals surface area contributed by atoms with E-state index >= 15 is 0 Å². The molecule has 1 aliphatic rings. The molecule has 0 bridgehead atoms. The quantitative estimate of drug-likeness (QED) is 0.286. The summed E-state index contributed by atoms with van der Waals surface area (Å²) in [6.45, 7) is 6.08. The second-order valence-electron chi connectivity index (χ2n) is 6.93. The molecule has 1 aliphatic carbocycles. The number of anilines is 1. The second-order valence-corrected chi connectivity index (χ2v) is 7.89. The Labute approximate surface area is 164 Å². The maximum Gasteiger partial charge on any atom is 0.154 e. The van der Waals surface area contributed by atoms with Crippen LogP contribution in [0.2, 0.25) is 0 Å². The molecule has 134 valence electrons. The van der Waals surface area contributed by atoms with Gasteiger partial charge in [0.05, 0.1) is 5.70 Å². The number of benzene rings is 2. The number of hydrogen-bond acceptors (Lipinski definition) is 6. The topological polar surface area (TPSA) is 71.0 Å². The molecule has 6 heteroatoms. The number of fused-ring (bicyclic) bond motifs is 1. The molecule has 0 saturated heterocycles. The van der Waals surface area contributed by atoms with Gasteiger partial charge in [0.2, 0.25) is 0 Å². The van der Waals surface area contributed by atoms with Crippen LogP contribution in [0.25, 0.3) is 10.8 Å². The smallest absolute Gasteiger partial charge is 0.154 e. The third kappa shape index (κ3) is 3.52. The van der Waals surface area contributed by atoms with Crippen LogP contribution in [0.3, 0.4) is 0 Å². The molecule has 0 saturated carbocycles. The number of azo groups is 1. The van der Waals surface area contributed by atoms with Crippen LogP contribution in [-0.4, -0.2) is 5.11 Å². The first-order valence-electron chi connectivity index (χ1n) is 8.17. The average Bonchev–Trinajstić information content (AvgIpc) is 2.73. The van der Waals surface area contributed by atoms with Gasteiger partial charge in [-0.05, 0) is 42.2 Å². The van der Waals surface area contributed by atoms with E-state index in [1.807, 2.05) is 37.3 Å². The zero-order chi connectivity index (χ0) is 19.1. The standard InChI is InChI=1S/C20H21N3OS2/c1-11-14(25)9-12-10-15(26)18(19(24)16(12)17(11)21)23-22-13-5-4-7-20(2,3)8-6-13/h4-10,24-26H,21H2,1-3H3. The van der Waals surface area contributed by atoms with E-state index in [-0.39, 0.29) is 11.2 Å². The molecule has 26 heavy (non-hydrogen) atoms. The van der Waals surface area contributed by atoms with Crippen molar-refractivity contribution in [2.45, 2.75) is 30.6 Å². The first kappa shape index (κ1) is 18.6. The van der Waals surface area contributed by atoms with Crippen molar-refractivity contribution in [3.8, 4) is 5.75 Å². The zero-order valence-corrected chi connectivity index (χ0v) is 16.6. The van der Waals surface area contributed by atoms with E-state index in [0.717, 1.165) is 15.8 Å². The number of rotatable bonds is 2. The molecular weight excluding hydrogens is 362 g/mol. The highest BCUT2D eigenvalue weighted by molar-refractivity contribution is 7.80. The highest BCUT2D eigenvalue weighted by Gasteiger charge is 2.16. The van der Waals surface area contributed by atoms with Crippen LogP contribution in [0.5, 0.6) is 5.75 Å². The second kappa shape index (κ2) is 6.85. The monoisotopic (exact) mass is 383 g/mol. The largest absolute Gasteiger partial charge is 0.505 e. The first-order valence-corrected chi connectivity index (χ1v) is 9.06. The van der Waals surface area contributed by atoms with Crippen LogP contribution in [0.15, 0.2) is 68.2 Å². The summed E-state index contributed by atoms with van der Waals surface area (Å²) >= 11 is 8.88. The normalized spacial score (nSPS) is 16.3. The minimum absolute atomic E-state index is 0.0285. The summed E-state index contributed by atoms with van der Waals surface area (Å²) in [4.78, 5) is 1.28. The third-order valence-corrected chi connectivity index (χ3v) is 5.18. The van der Waals surface area contributed by atoms with Crippen molar-refractivity contribution in [2.24, 2.45) is 15.6 Å². The van der Waals surface area contributed by atoms with E-state index in [4.69, 9.17) is 5.73 Å². The molecule has 3 N–H and O–H groups in total. The molecule has 0 unspecified atom stereocenters. The minimum atomic E-state index is -0.0376. The van der Waals surface area contributed by atoms with Crippen molar-refractivity contribution in [1.29, 1.82) is 0 Å². The Morgan fingerprint density at radius 1 is 1.08 bits per heavy atom. The zero-order valence-electron chi connectivity index (χ0n) is 14.9. The van der Waals surface area contributed by atoms with Crippen molar-refractivity contribution in [3.63, 3.8) is 0 Å². The summed E-state index contributed by atoms with van der Waals surface area (Å²) in [5.74, 6) is -0.0285. The summed E-state index contributed by atoms with van der Waals surface area (Å²) in [6, 6.07) is 3.66. The maximum atomic E-state index is 10.7. The Morgan fingerprint density at radius 2 is 1.77 bits per heavy atom. The van der Waals surface area contributed by atoms with Gasteiger partial charge in [0.1, 0.15) is 5.69 Å². The van der Waals surface area contributed by atoms with Crippen molar-refractivity contribution in [2.75, 3.05) is 5.73 Å². The number of allylic oxidation sites excluding steroid dienone is 5. The Morgan fingerprint density at radius 3 is 2.50 bits per heavy atom. The van der Waals surface area contributed by atoms with Gasteiger partial charge in [0.25, 0.3) is 0 Å². The van der Waals surface area contributed by atoms with E-state index in [1.165, 1.54) is 0 Å². The number of nitrogens with two attached hydrogens (primary N) is 1. The van der Waals surface area contributed by atoms with E-state index < -0.39 is 0 Å². The Balaban J connectivity index is 2.09. The number of aromatic hydroxyl groups is 1. The summed E-state index contributed by atoms with van der Waals surface area (Å²) in [6.07, 6.45) is 9.87. The van der Waals surface area contributed by atoms with Gasteiger partial charge in [0, 0.05) is 26.3 Å². The van der Waals surface area contributed by atoms with Gasteiger partial charge in [-0.25, -0.2) is 0 Å². The summed E-state index contributed by atoms with van der Waals surface area (Å²) in [5.41, 5.74) is 8.43. The molecule has 0 aromatic heterocycles. The lowest BCUT2D eigenvalue weighted by Gasteiger charge is -2.13. The average molecular weight is 384 g/mol. The van der Waals surface area contributed by atoms with Gasteiger partial charge in [-0.3, -0.25) is 0 Å². The first-order chi connectivity index (χ1) is 12.2. The fourth-order valence-corrected chi connectivity index (χ4v) is 3.27. The number of thiol groups is 2. The van der Waals surface area contributed by atoms with Gasteiger partial charge in [-0.1, -0.05) is 32.1 Å². The van der Waals surface area contributed by atoms with Crippen LogP contribution in [0, 0.1) is 12.3 Å². The molecule has 4 nitrogen and oxygen atoms in total. The van der Waals surface area contributed by atoms with Crippen LogP contribution >= 0.6 is 25.3 Å².